The Labute approximate surface area is 81.5 Å². The Bertz CT molecular complexity index is 502. The molecule has 0 atom stereocenters. The first-order valence-electron chi connectivity index (χ1n) is 3.52. The minimum atomic E-state index is -0.267. The molecule has 0 aliphatic carbocycles. The standard InChI is InChI=1S/C7H6BrN3O2/c1-13-5-3-11-6(10-7(5)12)4(8)2-9-11/h2-3H,1H3,(H,10,12). The molecule has 2 aromatic heterocycles. The van der Waals surface area contributed by atoms with Crippen molar-refractivity contribution in [3.8, 4) is 5.75 Å². The molecule has 0 saturated carbocycles. The van der Waals surface area contributed by atoms with Gasteiger partial charge in [-0.05, 0) is 15.9 Å². The van der Waals surface area contributed by atoms with Crippen LogP contribution in [0.4, 0.5) is 0 Å². The quantitative estimate of drug-likeness (QED) is 0.806. The van der Waals surface area contributed by atoms with Crippen molar-refractivity contribution in [2.45, 2.75) is 0 Å². The third-order valence-electron chi connectivity index (χ3n) is 1.67. The second-order valence-electron chi connectivity index (χ2n) is 2.44. The lowest BCUT2D eigenvalue weighted by Crippen LogP contribution is -2.11. The molecule has 2 rings (SSSR count). The third-order valence-corrected chi connectivity index (χ3v) is 2.25. The average molecular weight is 244 g/mol. The lowest BCUT2D eigenvalue weighted by Gasteiger charge is -1.98. The maximum absolute atomic E-state index is 11.3. The summed E-state index contributed by atoms with van der Waals surface area (Å²) in [4.78, 5) is 13.9. The number of methoxy groups -OCH3 is 1. The molecule has 0 bridgehead atoms. The van der Waals surface area contributed by atoms with Crippen LogP contribution in [0.3, 0.4) is 0 Å². The summed E-state index contributed by atoms with van der Waals surface area (Å²) >= 11 is 3.25. The molecule has 0 aliphatic rings. The molecule has 1 N–H and O–H groups in total. The molecule has 2 heterocycles. The molecule has 0 aromatic carbocycles. The predicted molar refractivity (Wildman–Crippen MR) is 50.1 cm³/mol. The predicted octanol–water partition coefficient (Wildman–Crippen LogP) is 0.794. The number of halogens is 1. The van der Waals surface area contributed by atoms with Crippen LogP contribution < -0.4 is 10.3 Å². The summed E-state index contributed by atoms with van der Waals surface area (Å²) < 4.78 is 7.12. The summed E-state index contributed by atoms with van der Waals surface area (Å²) in [6.45, 7) is 0. The molecule has 0 unspecified atom stereocenters. The van der Waals surface area contributed by atoms with Gasteiger partial charge in [0.05, 0.1) is 24.0 Å². The van der Waals surface area contributed by atoms with E-state index in [4.69, 9.17) is 4.74 Å². The van der Waals surface area contributed by atoms with Crippen LogP contribution in [0.15, 0.2) is 21.7 Å². The lowest BCUT2D eigenvalue weighted by molar-refractivity contribution is 0.405. The Morgan fingerprint density at radius 3 is 3.15 bits per heavy atom. The zero-order valence-electron chi connectivity index (χ0n) is 6.74. The normalized spacial score (nSPS) is 10.6. The van der Waals surface area contributed by atoms with E-state index in [1.54, 1.807) is 6.20 Å². The molecular formula is C7H6BrN3O2. The van der Waals surface area contributed by atoms with Gasteiger partial charge in [0.1, 0.15) is 0 Å². The van der Waals surface area contributed by atoms with E-state index in [0.717, 1.165) is 4.47 Å². The first-order valence-corrected chi connectivity index (χ1v) is 4.32. The Balaban J connectivity index is 2.84. The summed E-state index contributed by atoms with van der Waals surface area (Å²) in [6.07, 6.45) is 3.13. The van der Waals surface area contributed by atoms with Gasteiger partial charge in [0.15, 0.2) is 5.65 Å². The number of aromatic nitrogens is 3. The van der Waals surface area contributed by atoms with Gasteiger partial charge in [-0.3, -0.25) is 4.79 Å². The Kier molecular flexibility index (Phi) is 1.84. The largest absolute Gasteiger partial charge is 0.490 e. The van der Waals surface area contributed by atoms with E-state index in [2.05, 4.69) is 26.0 Å². The Morgan fingerprint density at radius 1 is 1.69 bits per heavy atom. The number of rotatable bonds is 1. The Hall–Kier alpha value is -1.30. The highest BCUT2D eigenvalue weighted by Gasteiger charge is 2.05. The lowest BCUT2D eigenvalue weighted by atomic mass is 10.5. The van der Waals surface area contributed by atoms with Gasteiger partial charge >= 0.3 is 0 Å². The molecule has 5 nitrogen and oxygen atoms in total. The third kappa shape index (κ3) is 1.23. The first-order chi connectivity index (χ1) is 6.22. The summed E-state index contributed by atoms with van der Waals surface area (Å²) in [5, 5.41) is 3.99. The molecular weight excluding hydrogens is 238 g/mol. The maximum atomic E-state index is 11.3. The minimum absolute atomic E-state index is 0.239. The SMILES string of the molecule is COc1cn2ncc(Br)c2[nH]c1=O. The van der Waals surface area contributed by atoms with Crippen LogP contribution in [-0.4, -0.2) is 21.7 Å². The summed E-state index contributed by atoms with van der Waals surface area (Å²) in [6, 6.07) is 0. The topological polar surface area (TPSA) is 59.4 Å². The fraction of sp³-hybridized carbons (Fsp3) is 0.143. The molecule has 0 amide bonds. The fourth-order valence-corrected chi connectivity index (χ4v) is 1.41. The minimum Gasteiger partial charge on any atom is -0.490 e. The van der Waals surface area contributed by atoms with Crippen LogP contribution >= 0.6 is 15.9 Å². The maximum Gasteiger partial charge on any atom is 0.293 e. The zero-order valence-corrected chi connectivity index (χ0v) is 8.33. The van der Waals surface area contributed by atoms with E-state index in [-0.39, 0.29) is 11.3 Å². The van der Waals surface area contributed by atoms with Crippen molar-refractivity contribution in [2.75, 3.05) is 7.11 Å². The van der Waals surface area contributed by atoms with Gasteiger partial charge in [0.25, 0.3) is 5.56 Å². The van der Waals surface area contributed by atoms with Crippen molar-refractivity contribution in [2.24, 2.45) is 0 Å². The van der Waals surface area contributed by atoms with Crippen LogP contribution in [0, 0.1) is 0 Å². The Morgan fingerprint density at radius 2 is 2.46 bits per heavy atom. The van der Waals surface area contributed by atoms with Crippen molar-refractivity contribution in [3.63, 3.8) is 0 Å². The smallest absolute Gasteiger partial charge is 0.293 e. The monoisotopic (exact) mass is 243 g/mol. The van der Waals surface area contributed by atoms with E-state index in [9.17, 15) is 4.79 Å². The number of hydrogen-bond acceptors (Lipinski definition) is 3. The van der Waals surface area contributed by atoms with Gasteiger partial charge in [-0.25, -0.2) is 4.52 Å². The molecule has 68 valence electrons. The van der Waals surface area contributed by atoms with Gasteiger partial charge in [0.2, 0.25) is 5.75 Å². The molecule has 0 radical (unpaired) electrons. The van der Waals surface area contributed by atoms with Gasteiger partial charge in [-0.2, -0.15) is 5.10 Å². The molecule has 13 heavy (non-hydrogen) atoms. The van der Waals surface area contributed by atoms with E-state index in [1.807, 2.05) is 0 Å². The summed E-state index contributed by atoms with van der Waals surface area (Å²) in [5.41, 5.74) is 0.349. The highest BCUT2D eigenvalue weighted by Crippen LogP contribution is 2.14. The zero-order chi connectivity index (χ0) is 9.42. The number of ether oxygens (including phenoxy) is 1. The van der Waals surface area contributed by atoms with Gasteiger partial charge in [0, 0.05) is 0 Å². The van der Waals surface area contributed by atoms with Crippen LogP contribution in [0.1, 0.15) is 0 Å². The first kappa shape index (κ1) is 8.31. The fourth-order valence-electron chi connectivity index (χ4n) is 1.04. The van der Waals surface area contributed by atoms with Crippen molar-refractivity contribution in [1.82, 2.24) is 14.6 Å². The molecule has 2 aromatic rings. The number of nitrogens with one attached hydrogen (secondary N) is 1. The van der Waals surface area contributed by atoms with Gasteiger partial charge < -0.3 is 9.72 Å². The summed E-state index contributed by atoms with van der Waals surface area (Å²) in [5.74, 6) is 0.239. The van der Waals surface area contributed by atoms with E-state index < -0.39 is 0 Å². The van der Waals surface area contributed by atoms with E-state index in [0.29, 0.717) is 5.65 Å². The molecule has 0 saturated heterocycles. The number of nitrogens with zero attached hydrogens (tertiary/aromatic N) is 2. The second kappa shape index (κ2) is 2.88. The van der Waals surface area contributed by atoms with Crippen LogP contribution in [-0.2, 0) is 0 Å². The van der Waals surface area contributed by atoms with Crippen LogP contribution in [0.2, 0.25) is 0 Å². The van der Waals surface area contributed by atoms with Gasteiger partial charge in [-0.1, -0.05) is 0 Å². The second-order valence-corrected chi connectivity index (χ2v) is 3.29. The van der Waals surface area contributed by atoms with Crippen molar-refractivity contribution in [3.05, 3.63) is 27.2 Å². The highest BCUT2D eigenvalue weighted by atomic mass is 79.9. The average Bonchev–Trinajstić information content (AvgIpc) is 2.47. The highest BCUT2D eigenvalue weighted by molar-refractivity contribution is 9.10. The van der Waals surface area contributed by atoms with E-state index in [1.165, 1.54) is 17.8 Å². The van der Waals surface area contributed by atoms with Crippen LogP contribution in [0.5, 0.6) is 5.75 Å². The van der Waals surface area contributed by atoms with E-state index >= 15 is 0 Å². The number of aromatic amines is 1. The van der Waals surface area contributed by atoms with Crippen molar-refractivity contribution >= 4 is 21.6 Å². The molecule has 0 spiro atoms. The number of hydrogen-bond donors (Lipinski definition) is 1. The van der Waals surface area contributed by atoms with Crippen molar-refractivity contribution in [1.29, 1.82) is 0 Å². The van der Waals surface area contributed by atoms with Gasteiger partial charge in [-0.15, -0.1) is 0 Å². The van der Waals surface area contributed by atoms with Crippen LogP contribution in [0.25, 0.3) is 5.65 Å². The molecule has 6 heteroatoms. The molecule has 0 fully saturated rings. The summed E-state index contributed by atoms with van der Waals surface area (Å²) in [7, 11) is 1.44. The van der Waals surface area contributed by atoms with Crippen molar-refractivity contribution < 1.29 is 4.74 Å². The molecule has 0 aliphatic heterocycles. The number of H-pyrrole nitrogens is 1. The number of fused-ring (bicyclic) bond motifs is 1.